The maximum atomic E-state index is 12.2. The highest BCUT2D eigenvalue weighted by Crippen LogP contribution is 2.27. The third-order valence-electron chi connectivity index (χ3n) is 4.36. The molecule has 1 heterocycles. The number of aryl methyl sites for hydroxylation is 3. The highest BCUT2D eigenvalue weighted by Gasteiger charge is 2.09. The molecule has 0 radical (unpaired) electrons. The molecule has 0 atom stereocenters. The Hall–Kier alpha value is -2.66. The van der Waals surface area contributed by atoms with Crippen LogP contribution in [0.2, 0.25) is 0 Å². The number of thioether (sulfide) groups is 1. The van der Waals surface area contributed by atoms with Crippen LogP contribution >= 0.6 is 11.8 Å². The molecule has 1 amide bonds. The van der Waals surface area contributed by atoms with E-state index in [0.29, 0.717) is 11.3 Å². The average Bonchev–Trinajstić information content (AvgIpc) is 2.61. The Morgan fingerprint density at radius 1 is 1.00 bits per heavy atom. The molecule has 1 N–H and O–H groups in total. The first-order valence-corrected chi connectivity index (χ1v) is 9.74. The lowest BCUT2D eigenvalue weighted by Gasteiger charge is -2.10. The summed E-state index contributed by atoms with van der Waals surface area (Å²) in [6.45, 7) is 7.74. The number of fused-ring (bicyclic) bond motifs is 1. The van der Waals surface area contributed by atoms with Gasteiger partial charge in [0, 0.05) is 16.6 Å². The maximum Gasteiger partial charge on any atom is 0.234 e. The van der Waals surface area contributed by atoms with Gasteiger partial charge in [-0.05, 0) is 75.2 Å². The maximum absolute atomic E-state index is 12.2. The molecule has 0 aliphatic rings. The van der Waals surface area contributed by atoms with Gasteiger partial charge in [-0.25, -0.2) is 4.98 Å². The average molecular weight is 378 g/mol. The molecule has 1 aromatic heterocycles. The van der Waals surface area contributed by atoms with E-state index < -0.39 is 0 Å². The zero-order valence-electron chi connectivity index (χ0n) is 15.9. The minimum atomic E-state index is -0.101. The van der Waals surface area contributed by atoms with Gasteiger partial charge in [-0.15, -0.1) is 0 Å². The summed E-state index contributed by atoms with van der Waals surface area (Å²) < 4.78 is 0. The monoisotopic (exact) mass is 378 g/mol. The number of anilines is 1. The largest absolute Gasteiger partial charge is 0.325 e. The molecule has 0 aliphatic heterocycles. The second-order valence-electron chi connectivity index (χ2n) is 6.73. The minimum Gasteiger partial charge on any atom is -0.325 e. The third-order valence-corrected chi connectivity index (χ3v) is 5.27. The quantitative estimate of drug-likeness (QED) is 0.496. The van der Waals surface area contributed by atoms with Crippen molar-refractivity contribution in [3.8, 4) is 0 Å². The second-order valence-corrected chi connectivity index (χ2v) is 7.72. The second kappa shape index (κ2) is 7.92. The number of benzene rings is 2. The van der Waals surface area contributed by atoms with Gasteiger partial charge in [0.15, 0.2) is 5.78 Å². The molecule has 0 aliphatic carbocycles. The molecule has 0 fully saturated rings. The van der Waals surface area contributed by atoms with Crippen LogP contribution in [0.15, 0.2) is 47.5 Å². The van der Waals surface area contributed by atoms with Crippen molar-refractivity contribution in [1.29, 1.82) is 0 Å². The lowest BCUT2D eigenvalue weighted by molar-refractivity contribution is -0.113. The first-order chi connectivity index (χ1) is 12.8. The molecule has 27 heavy (non-hydrogen) atoms. The standard InChI is InChI=1S/C22H22N2O2S/c1-13-9-15(3)22-19(10-13)14(2)11-21(24-22)27-12-20(26)23-18-7-5-17(6-8-18)16(4)25/h5-11H,12H2,1-4H3,(H,23,26). The zero-order valence-corrected chi connectivity index (χ0v) is 16.7. The molecule has 0 saturated heterocycles. The number of ketones is 1. The van der Waals surface area contributed by atoms with Crippen molar-refractivity contribution in [3.63, 3.8) is 0 Å². The normalized spacial score (nSPS) is 10.8. The van der Waals surface area contributed by atoms with E-state index in [1.165, 1.54) is 24.2 Å². The summed E-state index contributed by atoms with van der Waals surface area (Å²) in [4.78, 5) is 28.3. The van der Waals surface area contributed by atoms with Gasteiger partial charge >= 0.3 is 0 Å². The van der Waals surface area contributed by atoms with Gasteiger partial charge < -0.3 is 5.32 Å². The fourth-order valence-corrected chi connectivity index (χ4v) is 3.78. The Bertz CT molecular complexity index is 1030. The van der Waals surface area contributed by atoms with Crippen LogP contribution in [0.1, 0.15) is 34.0 Å². The van der Waals surface area contributed by atoms with Crippen molar-refractivity contribution in [1.82, 2.24) is 4.98 Å². The van der Waals surface area contributed by atoms with E-state index in [-0.39, 0.29) is 17.4 Å². The Kier molecular flexibility index (Phi) is 5.61. The summed E-state index contributed by atoms with van der Waals surface area (Å²) in [5.74, 6) is 0.180. The Balaban J connectivity index is 1.69. The topological polar surface area (TPSA) is 59.1 Å². The molecule has 0 bridgehead atoms. The van der Waals surface area contributed by atoms with E-state index in [1.54, 1.807) is 24.3 Å². The summed E-state index contributed by atoms with van der Waals surface area (Å²) >= 11 is 1.42. The number of carbonyl (C=O) groups excluding carboxylic acids is 2. The number of carbonyl (C=O) groups is 2. The van der Waals surface area contributed by atoms with Gasteiger partial charge in [0.1, 0.15) is 0 Å². The van der Waals surface area contributed by atoms with E-state index in [9.17, 15) is 9.59 Å². The SMILES string of the molecule is CC(=O)c1ccc(NC(=O)CSc2cc(C)c3cc(C)cc(C)c3n2)cc1. The number of pyridine rings is 1. The van der Waals surface area contributed by atoms with E-state index >= 15 is 0 Å². The van der Waals surface area contributed by atoms with Gasteiger partial charge in [-0.3, -0.25) is 9.59 Å². The molecule has 0 saturated carbocycles. The van der Waals surface area contributed by atoms with Crippen molar-refractivity contribution < 1.29 is 9.59 Å². The highest BCUT2D eigenvalue weighted by molar-refractivity contribution is 7.99. The number of rotatable bonds is 5. The smallest absolute Gasteiger partial charge is 0.234 e. The number of hydrogen-bond donors (Lipinski definition) is 1. The number of nitrogens with zero attached hydrogens (tertiary/aromatic N) is 1. The summed E-state index contributed by atoms with van der Waals surface area (Å²) in [5, 5.41) is 4.85. The van der Waals surface area contributed by atoms with Crippen LogP contribution in [0.3, 0.4) is 0 Å². The number of amides is 1. The van der Waals surface area contributed by atoms with Crippen molar-refractivity contribution >= 4 is 40.0 Å². The Morgan fingerprint density at radius 2 is 1.70 bits per heavy atom. The molecule has 0 unspecified atom stereocenters. The molecule has 138 valence electrons. The molecular formula is C22H22N2O2S. The first-order valence-electron chi connectivity index (χ1n) is 8.76. The fourth-order valence-electron chi connectivity index (χ4n) is 3.01. The molecule has 3 rings (SSSR count). The summed E-state index contributed by atoms with van der Waals surface area (Å²) in [5.41, 5.74) is 5.83. The zero-order chi connectivity index (χ0) is 19.6. The van der Waals surface area contributed by atoms with Gasteiger partial charge in [0.25, 0.3) is 0 Å². The van der Waals surface area contributed by atoms with Gasteiger partial charge in [0.05, 0.1) is 16.3 Å². The minimum absolute atomic E-state index is 0.00617. The van der Waals surface area contributed by atoms with Crippen LogP contribution in [-0.2, 0) is 4.79 Å². The van der Waals surface area contributed by atoms with Crippen molar-refractivity contribution in [2.45, 2.75) is 32.7 Å². The van der Waals surface area contributed by atoms with E-state index in [1.807, 2.05) is 6.07 Å². The Labute approximate surface area is 163 Å². The number of Topliss-reactive ketones (excluding diaryl/α,β-unsaturated/α-hetero) is 1. The molecular weight excluding hydrogens is 356 g/mol. The van der Waals surface area contributed by atoms with Crippen LogP contribution in [0, 0.1) is 20.8 Å². The van der Waals surface area contributed by atoms with Gasteiger partial charge in [-0.2, -0.15) is 0 Å². The van der Waals surface area contributed by atoms with Crippen LogP contribution in [0.5, 0.6) is 0 Å². The van der Waals surface area contributed by atoms with Crippen LogP contribution in [0.25, 0.3) is 10.9 Å². The lowest BCUT2D eigenvalue weighted by Crippen LogP contribution is -2.14. The van der Waals surface area contributed by atoms with Crippen molar-refractivity contribution in [3.05, 3.63) is 64.7 Å². The molecule has 0 spiro atoms. The van der Waals surface area contributed by atoms with Gasteiger partial charge in [0.2, 0.25) is 5.91 Å². The number of hydrogen-bond acceptors (Lipinski definition) is 4. The highest BCUT2D eigenvalue weighted by atomic mass is 32.2. The molecule has 5 heteroatoms. The van der Waals surface area contributed by atoms with E-state index in [0.717, 1.165) is 27.1 Å². The summed E-state index contributed by atoms with van der Waals surface area (Å²) in [7, 11) is 0. The van der Waals surface area contributed by atoms with E-state index in [4.69, 9.17) is 4.98 Å². The van der Waals surface area contributed by atoms with Crippen molar-refractivity contribution in [2.24, 2.45) is 0 Å². The molecule has 2 aromatic carbocycles. The van der Waals surface area contributed by atoms with Gasteiger partial charge in [-0.1, -0.05) is 23.4 Å². The predicted molar refractivity (Wildman–Crippen MR) is 112 cm³/mol. The van der Waals surface area contributed by atoms with Crippen LogP contribution in [0.4, 0.5) is 5.69 Å². The first kappa shape index (κ1) is 19.1. The van der Waals surface area contributed by atoms with Crippen molar-refractivity contribution in [2.75, 3.05) is 11.1 Å². The lowest BCUT2D eigenvalue weighted by atomic mass is 10.0. The fraction of sp³-hybridized carbons (Fsp3) is 0.227. The summed E-state index contributed by atoms with van der Waals surface area (Å²) in [6, 6.07) is 13.2. The molecule has 4 nitrogen and oxygen atoms in total. The van der Waals surface area contributed by atoms with E-state index in [2.05, 4.69) is 38.2 Å². The predicted octanol–water partition coefficient (Wildman–Crippen LogP) is 5.09. The number of nitrogens with one attached hydrogen (secondary N) is 1. The van der Waals surface area contributed by atoms with Crippen LogP contribution < -0.4 is 5.32 Å². The Morgan fingerprint density at radius 3 is 2.37 bits per heavy atom. The third kappa shape index (κ3) is 4.55. The number of aromatic nitrogens is 1. The van der Waals surface area contributed by atoms with Crippen LogP contribution in [-0.4, -0.2) is 22.4 Å². The summed E-state index contributed by atoms with van der Waals surface area (Å²) in [6.07, 6.45) is 0. The molecule has 3 aromatic rings.